The van der Waals surface area contributed by atoms with Gasteiger partial charge in [0, 0.05) is 49.7 Å². The van der Waals surface area contributed by atoms with Crippen molar-refractivity contribution in [1.82, 2.24) is 24.5 Å². The van der Waals surface area contributed by atoms with E-state index >= 15 is 0 Å². The van der Waals surface area contributed by atoms with Crippen molar-refractivity contribution in [2.75, 3.05) is 48.8 Å². The molecule has 2 aliphatic heterocycles. The van der Waals surface area contributed by atoms with E-state index in [2.05, 4.69) is 39.8 Å². The number of hydrogen-bond donors (Lipinski definition) is 3. The topological polar surface area (TPSA) is 109 Å². The number of piperidine rings is 1. The molecule has 3 N–H and O–H groups in total. The summed E-state index contributed by atoms with van der Waals surface area (Å²) in [4.78, 5) is 24.4. The smallest absolute Gasteiger partial charge is 0.248 e. The fourth-order valence-corrected chi connectivity index (χ4v) is 5.08. The summed E-state index contributed by atoms with van der Waals surface area (Å²) in [5.74, 6) is 1.39. The number of ether oxygens (including phenoxy) is 1. The van der Waals surface area contributed by atoms with Crippen molar-refractivity contribution in [3.8, 4) is 0 Å². The molecule has 10 heteroatoms. The van der Waals surface area contributed by atoms with Crippen LogP contribution in [0.15, 0.2) is 42.6 Å². The van der Waals surface area contributed by atoms with Crippen molar-refractivity contribution >= 4 is 29.1 Å². The Morgan fingerprint density at radius 1 is 1.15 bits per heavy atom. The summed E-state index contributed by atoms with van der Waals surface area (Å²) in [5.41, 5.74) is 3.66. The average Bonchev–Trinajstić information content (AvgIpc) is 3.38. The highest BCUT2D eigenvalue weighted by atomic mass is 16.5. The van der Waals surface area contributed by atoms with Gasteiger partial charge in [-0.15, -0.1) is 0 Å². The molecule has 1 amide bonds. The molecule has 2 aromatic heterocycles. The van der Waals surface area contributed by atoms with Gasteiger partial charge in [-0.1, -0.05) is 38.5 Å². The van der Waals surface area contributed by atoms with Crippen molar-refractivity contribution in [2.45, 2.75) is 64.5 Å². The molecule has 208 valence electrons. The Balaban J connectivity index is 1.25. The number of aromatic nitrogens is 4. The monoisotopic (exact) mass is 532 g/mol. The average molecular weight is 533 g/mol. The second kappa shape index (κ2) is 13.0. The maximum absolute atomic E-state index is 12.5. The Morgan fingerprint density at radius 2 is 1.97 bits per heavy atom. The number of anilines is 3. The lowest BCUT2D eigenvalue weighted by Gasteiger charge is -2.24. The summed E-state index contributed by atoms with van der Waals surface area (Å²) in [6, 6.07) is 8.14. The molecular formula is C29H40N8O2. The predicted molar refractivity (Wildman–Crippen MR) is 154 cm³/mol. The molecule has 0 bridgehead atoms. The summed E-state index contributed by atoms with van der Waals surface area (Å²) in [6.45, 7) is 9.34. The lowest BCUT2D eigenvalue weighted by molar-refractivity contribution is -0.111. The first-order valence-corrected chi connectivity index (χ1v) is 14.2. The Hall–Kier alpha value is -3.50. The normalized spacial score (nSPS) is 17.2. The minimum atomic E-state index is -0.115. The van der Waals surface area contributed by atoms with Crippen LogP contribution in [0.3, 0.4) is 0 Å². The third-order valence-electron chi connectivity index (χ3n) is 7.30. The lowest BCUT2D eigenvalue weighted by atomic mass is 10.1. The van der Waals surface area contributed by atoms with Crippen LogP contribution in [0, 0.1) is 0 Å². The van der Waals surface area contributed by atoms with Crippen molar-refractivity contribution in [2.24, 2.45) is 0 Å². The highest BCUT2D eigenvalue weighted by Gasteiger charge is 2.19. The lowest BCUT2D eigenvalue weighted by Crippen LogP contribution is -2.29. The third kappa shape index (κ3) is 7.33. The Labute approximate surface area is 230 Å². The SMILES string of the molecule is CC(C)c1cnn2c(NCc3cccc(NC(=O)C=CCN4CCCCC4)c3)nc(NC3CCOCC3)nc12. The van der Waals surface area contributed by atoms with Crippen LogP contribution in [0.5, 0.6) is 0 Å². The van der Waals surface area contributed by atoms with E-state index in [1.54, 1.807) is 10.6 Å². The number of amides is 1. The van der Waals surface area contributed by atoms with E-state index < -0.39 is 0 Å². The van der Waals surface area contributed by atoms with Crippen LogP contribution >= 0.6 is 0 Å². The second-order valence-electron chi connectivity index (χ2n) is 10.7. The molecule has 2 fully saturated rings. The van der Waals surface area contributed by atoms with E-state index in [9.17, 15) is 4.79 Å². The highest BCUT2D eigenvalue weighted by Crippen LogP contribution is 2.23. The van der Waals surface area contributed by atoms with Crippen LogP contribution in [0.25, 0.3) is 5.65 Å². The van der Waals surface area contributed by atoms with Gasteiger partial charge in [0.1, 0.15) is 0 Å². The van der Waals surface area contributed by atoms with Crippen LogP contribution in [0.4, 0.5) is 17.6 Å². The summed E-state index contributed by atoms with van der Waals surface area (Å²) < 4.78 is 7.26. The van der Waals surface area contributed by atoms with Gasteiger partial charge < -0.3 is 20.7 Å². The molecule has 0 spiro atoms. The maximum Gasteiger partial charge on any atom is 0.248 e. The first-order valence-electron chi connectivity index (χ1n) is 14.2. The van der Waals surface area contributed by atoms with E-state index in [-0.39, 0.29) is 17.9 Å². The zero-order chi connectivity index (χ0) is 27.0. The minimum Gasteiger partial charge on any atom is -0.381 e. The molecule has 0 aliphatic carbocycles. The number of nitrogens with zero attached hydrogens (tertiary/aromatic N) is 5. The molecule has 0 atom stereocenters. The molecule has 1 aromatic carbocycles. The molecule has 0 saturated carbocycles. The predicted octanol–water partition coefficient (Wildman–Crippen LogP) is 4.43. The zero-order valence-corrected chi connectivity index (χ0v) is 23.0. The van der Waals surface area contributed by atoms with E-state index in [1.165, 1.54) is 19.3 Å². The quantitative estimate of drug-likeness (QED) is 0.329. The first-order chi connectivity index (χ1) is 19.0. The van der Waals surface area contributed by atoms with Gasteiger partial charge in [0.15, 0.2) is 5.65 Å². The molecule has 3 aromatic rings. The Bertz CT molecular complexity index is 1280. The van der Waals surface area contributed by atoms with E-state index in [1.807, 2.05) is 36.5 Å². The molecular weight excluding hydrogens is 492 g/mol. The number of rotatable bonds is 10. The highest BCUT2D eigenvalue weighted by molar-refractivity contribution is 5.99. The van der Waals surface area contributed by atoms with Gasteiger partial charge in [-0.05, 0) is 62.4 Å². The summed E-state index contributed by atoms with van der Waals surface area (Å²) in [6.07, 6.45) is 11.1. The van der Waals surface area contributed by atoms with Crippen molar-refractivity contribution in [3.63, 3.8) is 0 Å². The summed E-state index contributed by atoms with van der Waals surface area (Å²) in [7, 11) is 0. The minimum absolute atomic E-state index is 0.115. The van der Waals surface area contributed by atoms with E-state index in [4.69, 9.17) is 14.7 Å². The van der Waals surface area contributed by atoms with Crippen molar-refractivity contribution in [3.05, 3.63) is 53.7 Å². The first kappa shape index (κ1) is 27.1. The number of hydrogen-bond acceptors (Lipinski definition) is 8. The van der Waals surface area contributed by atoms with Crippen molar-refractivity contribution in [1.29, 1.82) is 0 Å². The second-order valence-corrected chi connectivity index (χ2v) is 10.7. The molecule has 0 radical (unpaired) electrons. The van der Waals surface area contributed by atoms with Gasteiger partial charge in [-0.25, -0.2) is 0 Å². The standard InChI is InChI=1S/C29H40N8O2/c1-21(2)25-20-31-37-27(25)34-28(33-23-11-16-39-17-12-23)35-29(37)30-19-22-8-6-9-24(18-22)32-26(38)10-7-15-36-13-4-3-5-14-36/h6-10,18,20-21,23H,3-5,11-17,19H2,1-2H3,(H,32,38)(H2,30,33,34,35). The number of carbonyl (C=O) groups is 1. The number of likely N-dealkylation sites (tertiary alicyclic amines) is 1. The van der Waals surface area contributed by atoms with E-state index in [0.717, 1.165) is 68.2 Å². The molecule has 4 heterocycles. The Morgan fingerprint density at radius 3 is 2.77 bits per heavy atom. The number of benzene rings is 1. The van der Waals surface area contributed by atoms with E-state index in [0.29, 0.717) is 18.4 Å². The maximum atomic E-state index is 12.5. The number of nitrogens with one attached hydrogen (secondary N) is 3. The zero-order valence-electron chi connectivity index (χ0n) is 23.0. The number of fused-ring (bicyclic) bond motifs is 1. The number of carbonyl (C=O) groups excluding carboxylic acids is 1. The van der Waals surface area contributed by atoms with Gasteiger partial charge >= 0.3 is 0 Å². The molecule has 39 heavy (non-hydrogen) atoms. The molecule has 0 unspecified atom stereocenters. The van der Waals surface area contributed by atoms with Crippen LogP contribution in [-0.4, -0.2) is 69.3 Å². The Kier molecular flexibility index (Phi) is 9.05. The van der Waals surface area contributed by atoms with Crippen LogP contribution in [-0.2, 0) is 16.1 Å². The molecule has 5 rings (SSSR count). The largest absolute Gasteiger partial charge is 0.381 e. The van der Waals surface area contributed by atoms with Gasteiger partial charge in [0.2, 0.25) is 17.8 Å². The van der Waals surface area contributed by atoms with Crippen LogP contribution in [0.2, 0.25) is 0 Å². The molecule has 2 saturated heterocycles. The summed E-state index contributed by atoms with van der Waals surface area (Å²) in [5, 5.41) is 14.5. The van der Waals surface area contributed by atoms with Gasteiger partial charge in [-0.2, -0.15) is 19.6 Å². The van der Waals surface area contributed by atoms with Gasteiger partial charge in [-0.3, -0.25) is 9.69 Å². The summed E-state index contributed by atoms with van der Waals surface area (Å²) >= 11 is 0. The molecule has 10 nitrogen and oxygen atoms in total. The van der Waals surface area contributed by atoms with Crippen molar-refractivity contribution < 1.29 is 9.53 Å². The fraction of sp³-hybridized carbons (Fsp3) is 0.517. The van der Waals surface area contributed by atoms with Gasteiger partial charge in [0.05, 0.1) is 6.20 Å². The van der Waals surface area contributed by atoms with Crippen LogP contribution in [0.1, 0.15) is 63.0 Å². The fourth-order valence-electron chi connectivity index (χ4n) is 5.08. The van der Waals surface area contributed by atoms with Gasteiger partial charge in [0.25, 0.3) is 0 Å². The molecule has 2 aliphatic rings. The van der Waals surface area contributed by atoms with Crippen LogP contribution < -0.4 is 16.0 Å². The third-order valence-corrected chi connectivity index (χ3v) is 7.30.